The van der Waals surface area contributed by atoms with Crippen LogP contribution < -0.4 is 0 Å². The second kappa shape index (κ2) is 6.53. The first-order valence-electron chi connectivity index (χ1n) is 6.21. The summed E-state index contributed by atoms with van der Waals surface area (Å²) >= 11 is 3.49. The van der Waals surface area contributed by atoms with Crippen LogP contribution in [-0.2, 0) is 14.8 Å². The Morgan fingerprint density at radius 3 is 3.12 bits per heavy atom. The number of ether oxygens (including phenoxy) is 2. The maximum absolute atomic E-state index is 5.84. The molecule has 0 aliphatic carbocycles. The number of rotatable bonds is 4. The molecule has 1 aliphatic rings. The molecule has 0 N–H and O–H groups in total. The molecule has 1 aromatic carbocycles. The maximum Gasteiger partial charge on any atom is 0.0849 e. The van der Waals surface area contributed by atoms with Gasteiger partial charge < -0.3 is 9.47 Å². The van der Waals surface area contributed by atoms with E-state index in [1.54, 1.807) is 0 Å². The predicted octanol–water partition coefficient (Wildman–Crippen LogP) is 3.84. The highest BCUT2D eigenvalue weighted by atomic mass is 79.9. The average molecular weight is 299 g/mol. The Morgan fingerprint density at radius 2 is 2.35 bits per heavy atom. The van der Waals surface area contributed by atoms with Crippen LogP contribution in [0.15, 0.2) is 24.3 Å². The highest BCUT2D eigenvalue weighted by molar-refractivity contribution is 9.08. The lowest BCUT2D eigenvalue weighted by Crippen LogP contribution is -2.26. The van der Waals surface area contributed by atoms with Crippen LogP contribution >= 0.6 is 15.9 Å². The van der Waals surface area contributed by atoms with E-state index in [0.717, 1.165) is 31.4 Å². The third-order valence-corrected chi connectivity index (χ3v) is 3.76. The van der Waals surface area contributed by atoms with Gasteiger partial charge >= 0.3 is 0 Å². The summed E-state index contributed by atoms with van der Waals surface area (Å²) in [4.78, 5) is 0. The number of halogens is 1. The van der Waals surface area contributed by atoms with Crippen molar-refractivity contribution in [3.63, 3.8) is 0 Å². The summed E-state index contributed by atoms with van der Waals surface area (Å²) in [5.74, 6) is 0. The second-order valence-corrected chi connectivity index (χ2v) is 4.90. The zero-order chi connectivity index (χ0) is 12.1. The minimum absolute atomic E-state index is 0.194. The predicted molar refractivity (Wildman–Crippen MR) is 72.4 cm³/mol. The van der Waals surface area contributed by atoms with Crippen LogP contribution in [0.25, 0.3) is 0 Å². The van der Waals surface area contributed by atoms with Crippen molar-refractivity contribution in [1.29, 1.82) is 0 Å². The Kier molecular flexibility index (Phi) is 5.01. The summed E-state index contributed by atoms with van der Waals surface area (Å²) < 4.78 is 11.5. The molecule has 2 rings (SSSR count). The van der Waals surface area contributed by atoms with Gasteiger partial charge in [-0.05, 0) is 24.5 Å². The molecule has 0 spiro atoms. The van der Waals surface area contributed by atoms with Crippen LogP contribution in [-0.4, -0.2) is 19.3 Å². The van der Waals surface area contributed by atoms with Gasteiger partial charge in [-0.2, -0.15) is 0 Å². The molecular formula is C14H19BrO2. The van der Waals surface area contributed by atoms with Crippen molar-refractivity contribution in [2.24, 2.45) is 0 Å². The highest BCUT2D eigenvalue weighted by Gasteiger charge is 2.24. The number of alkyl halides is 1. The monoisotopic (exact) mass is 298 g/mol. The first kappa shape index (κ1) is 13.1. The molecule has 1 aliphatic heterocycles. The van der Waals surface area contributed by atoms with E-state index in [9.17, 15) is 0 Å². The van der Waals surface area contributed by atoms with E-state index in [2.05, 4.69) is 47.1 Å². The lowest BCUT2D eigenvalue weighted by molar-refractivity contribution is -0.0711. The standard InChI is InChI=1S/C14H19BrO2/c1-2-16-13-6-7-17-14(9-13)12-5-3-4-11(8-12)10-15/h3-5,8,13-14H,2,6-7,9-10H2,1H3. The summed E-state index contributed by atoms with van der Waals surface area (Å²) in [6.45, 7) is 3.64. The van der Waals surface area contributed by atoms with Crippen LogP contribution in [0, 0.1) is 0 Å². The lowest BCUT2D eigenvalue weighted by Gasteiger charge is -2.29. The van der Waals surface area contributed by atoms with E-state index in [4.69, 9.17) is 9.47 Å². The van der Waals surface area contributed by atoms with Gasteiger partial charge in [0.05, 0.1) is 12.2 Å². The van der Waals surface area contributed by atoms with Gasteiger partial charge in [0, 0.05) is 25.0 Å². The van der Waals surface area contributed by atoms with Crippen LogP contribution in [0.2, 0.25) is 0 Å². The Labute approximate surface area is 111 Å². The van der Waals surface area contributed by atoms with E-state index >= 15 is 0 Å². The first-order valence-corrected chi connectivity index (χ1v) is 7.33. The SMILES string of the molecule is CCOC1CCOC(c2cccc(CBr)c2)C1. The number of benzene rings is 1. The van der Waals surface area contributed by atoms with Gasteiger partial charge in [0.25, 0.3) is 0 Å². The normalized spacial score (nSPS) is 24.8. The van der Waals surface area contributed by atoms with Crippen LogP contribution in [0.4, 0.5) is 0 Å². The van der Waals surface area contributed by atoms with Crippen molar-refractivity contribution < 1.29 is 9.47 Å². The van der Waals surface area contributed by atoms with Gasteiger partial charge in [0.2, 0.25) is 0 Å². The van der Waals surface area contributed by atoms with Crippen molar-refractivity contribution in [3.8, 4) is 0 Å². The molecular weight excluding hydrogens is 280 g/mol. The third kappa shape index (κ3) is 3.54. The van der Waals surface area contributed by atoms with E-state index < -0.39 is 0 Å². The smallest absolute Gasteiger partial charge is 0.0849 e. The second-order valence-electron chi connectivity index (χ2n) is 4.34. The molecule has 94 valence electrons. The molecule has 0 aromatic heterocycles. The largest absolute Gasteiger partial charge is 0.378 e. The Bertz CT molecular complexity index is 352. The number of hydrogen-bond donors (Lipinski definition) is 0. The molecule has 0 amide bonds. The average Bonchev–Trinajstić information content (AvgIpc) is 2.40. The van der Waals surface area contributed by atoms with Gasteiger partial charge in [-0.15, -0.1) is 0 Å². The molecule has 2 atom stereocenters. The number of hydrogen-bond acceptors (Lipinski definition) is 2. The van der Waals surface area contributed by atoms with Gasteiger partial charge in [-0.3, -0.25) is 0 Å². The quantitative estimate of drug-likeness (QED) is 0.787. The molecule has 17 heavy (non-hydrogen) atoms. The van der Waals surface area contributed by atoms with Crippen LogP contribution in [0.3, 0.4) is 0 Å². The van der Waals surface area contributed by atoms with Crippen molar-refractivity contribution in [3.05, 3.63) is 35.4 Å². The molecule has 2 unspecified atom stereocenters. The van der Waals surface area contributed by atoms with Crippen molar-refractivity contribution in [2.45, 2.75) is 37.3 Å². The summed E-state index contributed by atoms with van der Waals surface area (Å²) in [6, 6.07) is 8.58. The summed E-state index contributed by atoms with van der Waals surface area (Å²) in [7, 11) is 0. The molecule has 0 radical (unpaired) electrons. The third-order valence-electron chi connectivity index (χ3n) is 3.12. The molecule has 0 saturated carbocycles. The topological polar surface area (TPSA) is 18.5 Å². The van der Waals surface area contributed by atoms with Crippen LogP contribution in [0.1, 0.15) is 37.0 Å². The molecule has 2 nitrogen and oxygen atoms in total. The fraction of sp³-hybridized carbons (Fsp3) is 0.571. The molecule has 1 fully saturated rings. The fourth-order valence-corrected chi connectivity index (χ4v) is 2.61. The fourth-order valence-electron chi connectivity index (χ4n) is 2.26. The lowest BCUT2D eigenvalue weighted by atomic mass is 9.98. The van der Waals surface area contributed by atoms with Crippen molar-refractivity contribution in [1.82, 2.24) is 0 Å². The Balaban J connectivity index is 2.05. The zero-order valence-corrected chi connectivity index (χ0v) is 11.8. The Morgan fingerprint density at radius 1 is 1.47 bits per heavy atom. The van der Waals surface area contributed by atoms with E-state index in [0.29, 0.717) is 6.10 Å². The molecule has 1 heterocycles. The minimum atomic E-state index is 0.194. The van der Waals surface area contributed by atoms with Gasteiger partial charge in [-0.1, -0.05) is 40.2 Å². The minimum Gasteiger partial charge on any atom is -0.378 e. The summed E-state index contributed by atoms with van der Waals surface area (Å²) in [5.41, 5.74) is 2.57. The van der Waals surface area contributed by atoms with Crippen molar-refractivity contribution >= 4 is 15.9 Å². The first-order chi connectivity index (χ1) is 8.33. The van der Waals surface area contributed by atoms with Crippen molar-refractivity contribution in [2.75, 3.05) is 13.2 Å². The summed E-state index contributed by atoms with van der Waals surface area (Å²) in [6.07, 6.45) is 2.54. The van der Waals surface area contributed by atoms with E-state index in [1.807, 2.05) is 0 Å². The van der Waals surface area contributed by atoms with Gasteiger partial charge in [0.1, 0.15) is 0 Å². The zero-order valence-electron chi connectivity index (χ0n) is 10.2. The highest BCUT2D eigenvalue weighted by Crippen LogP contribution is 2.30. The maximum atomic E-state index is 5.84. The molecule has 1 aromatic rings. The summed E-state index contributed by atoms with van der Waals surface area (Å²) in [5, 5.41) is 0.891. The van der Waals surface area contributed by atoms with E-state index in [1.165, 1.54) is 11.1 Å². The van der Waals surface area contributed by atoms with Crippen LogP contribution in [0.5, 0.6) is 0 Å². The molecule has 1 saturated heterocycles. The van der Waals surface area contributed by atoms with Gasteiger partial charge in [0.15, 0.2) is 0 Å². The van der Waals surface area contributed by atoms with Gasteiger partial charge in [-0.25, -0.2) is 0 Å². The Hall–Kier alpha value is -0.380. The molecule has 3 heteroatoms. The van der Waals surface area contributed by atoms with E-state index in [-0.39, 0.29) is 6.10 Å². The molecule has 0 bridgehead atoms.